The molecular weight excluding hydrogens is 204 g/mol. The third-order valence-electron chi connectivity index (χ3n) is 2.27. The summed E-state index contributed by atoms with van der Waals surface area (Å²) in [6.45, 7) is 1.99. The van der Waals surface area contributed by atoms with Crippen LogP contribution in [0.3, 0.4) is 0 Å². The molecule has 1 amide bonds. The van der Waals surface area contributed by atoms with Crippen LogP contribution in [-0.2, 0) is 4.79 Å². The monoisotopic (exact) mass is 222 g/mol. The fourth-order valence-electron chi connectivity index (χ4n) is 0.930. The van der Waals surface area contributed by atoms with E-state index in [2.05, 4.69) is 5.32 Å². The van der Waals surface area contributed by atoms with E-state index in [1.165, 1.54) is 6.42 Å². The highest BCUT2D eigenvalue weighted by atomic mass is 35.5. The minimum atomic E-state index is -0.940. The first-order valence-electron chi connectivity index (χ1n) is 4.88. The van der Waals surface area contributed by atoms with Gasteiger partial charge in [-0.15, -0.1) is 12.4 Å². The molecule has 84 valence electrons. The summed E-state index contributed by atoms with van der Waals surface area (Å²) in [5, 5.41) is 12.0. The Bertz CT molecular complexity index is 178. The number of amides is 1. The lowest BCUT2D eigenvalue weighted by atomic mass is 10.1. The van der Waals surface area contributed by atoms with E-state index in [9.17, 15) is 4.79 Å². The largest absolute Gasteiger partial charge is 0.383 e. The van der Waals surface area contributed by atoms with E-state index >= 15 is 0 Å². The van der Waals surface area contributed by atoms with Crippen LogP contribution in [0.5, 0.6) is 0 Å². The topological polar surface area (TPSA) is 85.3 Å². The van der Waals surface area contributed by atoms with Crippen molar-refractivity contribution >= 4 is 18.3 Å². The number of unbranched alkanes of at least 4 members (excludes halogenated alkanes) is 1. The molecule has 0 aromatic rings. The van der Waals surface area contributed by atoms with Gasteiger partial charge in [0.2, 0.25) is 5.91 Å². The molecule has 2 fully saturated rings. The zero-order valence-corrected chi connectivity index (χ0v) is 9.22. The van der Waals surface area contributed by atoms with Crippen molar-refractivity contribution < 1.29 is 9.90 Å². The zero-order valence-electron chi connectivity index (χ0n) is 8.40. The van der Waals surface area contributed by atoms with E-state index in [0.29, 0.717) is 6.42 Å². The van der Waals surface area contributed by atoms with E-state index < -0.39 is 12.0 Å². The second-order valence-electron chi connectivity index (χ2n) is 3.68. The van der Waals surface area contributed by atoms with Gasteiger partial charge in [0, 0.05) is 12.1 Å². The van der Waals surface area contributed by atoms with Crippen LogP contribution in [0.15, 0.2) is 0 Å². The number of carbonyl (C=O) groups is 1. The number of fused-ring (bicyclic) bond motifs is 1. The van der Waals surface area contributed by atoms with Crippen LogP contribution in [0.4, 0.5) is 0 Å². The van der Waals surface area contributed by atoms with Gasteiger partial charge in [-0.3, -0.25) is 4.79 Å². The Morgan fingerprint density at radius 3 is 2.29 bits per heavy atom. The third kappa shape index (κ3) is 5.42. The number of carbonyl (C=O) groups excluding carboxylic acids is 1. The van der Waals surface area contributed by atoms with Crippen molar-refractivity contribution in [2.75, 3.05) is 0 Å². The van der Waals surface area contributed by atoms with Crippen LogP contribution >= 0.6 is 12.4 Å². The number of aliphatic hydroxyl groups excluding tert-OH is 1. The van der Waals surface area contributed by atoms with Gasteiger partial charge in [-0.05, 0) is 12.8 Å². The molecule has 1 aliphatic carbocycles. The standard InChI is InChI=1S/C6H13NO2.C3H5N.ClH/c1-2-3-4-5(8)6(7)9;1-2-3(1)4-2;/h5,8H,2-4H2,1H3,(H2,7,9);2-4H,1H2;1H/t5-;;/m0../s1. The minimum Gasteiger partial charge on any atom is -0.383 e. The molecule has 2 unspecified atom stereocenters. The quantitative estimate of drug-likeness (QED) is 0.593. The molecule has 1 saturated carbocycles. The second-order valence-corrected chi connectivity index (χ2v) is 3.68. The minimum absolute atomic E-state index is 0. The number of primary amides is 1. The summed E-state index contributed by atoms with van der Waals surface area (Å²) >= 11 is 0. The number of halogens is 1. The summed E-state index contributed by atoms with van der Waals surface area (Å²) in [7, 11) is 0. The van der Waals surface area contributed by atoms with Gasteiger partial charge in [0.1, 0.15) is 6.10 Å². The maximum atomic E-state index is 10.2. The molecule has 0 aromatic carbocycles. The van der Waals surface area contributed by atoms with Crippen molar-refractivity contribution in [3.63, 3.8) is 0 Å². The summed E-state index contributed by atoms with van der Waals surface area (Å²) in [5.74, 6) is -0.622. The average molecular weight is 223 g/mol. The van der Waals surface area contributed by atoms with Crippen molar-refractivity contribution in [3.05, 3.63) is 0 Å². The van der Waals surface area contributed by atoms with Gasteiger partial charge in [0.05, 0.1) is 0 Å². The summed E-state index contributed by atoms with van der Waals surface area (Å²) in [6, 6.07) is 2.00. The maximum Gasteiger partial charge on any atom is 0.246 e. The molecule has 0 aromatic heterocycles. The lowest BCUT2D eigenvalue weighted by molar-refractivity contribution is -0.126. The predicted octanol–water partition coefficient (Wildman–Crippen LogP) is 0.175. The molecule has 2 aliphatic rings. The number of nitrogens with two attached hydrogens (primary N) is 1. The summed E-state index contributed by atoms with van der Waals surface area (Å²) in [6.07, 6.45) is 2.85. The van der Waals surface area contributed by atoms with Crippen LogP contribution < -0.4 is 11.1 Å². The number of rotatable bonds is 4. The Labute approximate surface area is 90.7 Å². The maximum absolute atomic E-state index is 10.2. The van der Waals surface area contributed by atoms with Crippen molar-refractivity contribution in [1.82, 2.24) is 5.32 Å². The van der Waals surface area contributed by atoms with Crippen molar-refractivity contribution in [2.45, 2.75) is 50.8 Å². The Kier molecular flexibility index (Phi) is 6.08. The summed E-state index contributed by atoms with van der Waals surface area (Å²) < 4.78 is 0. The van der Waals surface area contributed by atoms with Gasteiger partial charge < -0.3 is 16.2 Å². The van der Waals surface area contributed by atoms with Crippen LogP contribution in [0.25, 0.3) is 0 Å². The molecule has 4 N–H and O–H groups in total. The van der Waals surface area contributed by atoms with Gasteiger partial charge in [-0.25, -0.2) is 0 Å². The van der Waals surface area contributed by atoms with E-state index in [1.54, 1.807) is 0 Å². The molecule has 0 spiro atoms. The normalized spacial score (nSPS) is 27.3. The third-order valence-corrected chi connectivity index (χ3v) is 2.27. The summed E-state index contributed by atoms with van der Waals surface area (Å²) in [5.41, 5.74) is 4.79. The van der Waals surface area contributed by atoms with Gasteiger partial charge in [0.15, 0.2) is 0 Å². The van der Waals surface area contributed by atoms with Crippen molar-refractivity contribution in [3.8, 4) is 0 Å². The summed E-state index contributed by atoms with van der Waals surface area (Å²) in [4.78, 5) is 10.2. The Balaban J connectivity index is 0.000000273. The Morgan fingerprint density at radius 2 is 2.07 bits per heavy atom. The molecule has 0 radical (unpaired) electrons. The van der Waals surface area contributed by atoms with Gasteiger partial charge in [-0.2, -0.15) is 0 Å². The van der Waals surface area contributed by atoms with Crippen molar-refractivity contribution in [1.29, 1.82) is 0 Å². The first-order chi connectivity index (χ1) is 6.15. The molecule has 4 nitrogen and oxygen atoms in total. The number of hydrogen-bond donors (Lipinski definition) is 3. The highest BCUT2D eigenvalue weighted by Gasteiger charge is 2.52. The molecule has 1 heterocycles. The molecule has 1 saturated heterocycles. The van der Waals surface area contributed by atoms with E-state index in [0.717, 1.165) is 24.9 Å². The predicted molar refractivity (Wildman–Crippen MR) is 57.3 cm³/mol. The Morgan fingerprint density at radius 1 is 1.64 bits per heavy atom. The van der Waals surface area contributed by atoms with Gasteiger partial charge in [-0.1, -0.05) is 19.8 Å². The van der Waals surface area contributed by atoms with Gasteiger partial charge >= 0.3 is 0 Å². The average Bonchev–Trinajstić information content (AvgIpc) is 2.87. The molecular formula is C9H19ClN2O2. The number of nitrogens with one attached hydrogen (secondary N) is 1. The highest BCUT2D eigenvalue weighted by molar-refractivity contribution is 5.85. The molecule has 0 bridgehead atoms. The fourth-order valence-corrected chi connectivity index (χ4v) is 0.930. The lowest BCUT2D eigenvalue weighted by Gasteiger charge is -2.02. The van der Waals surface area contributed by atoms with E-state index in [1.807, 2.05) is 6.92 Å². The molecule has 3 atom stereocenters. The number of hydrogen-bond acceptors (Lipinski definition) is 3. The van der Waals surface area contributed by atoms with Crippen LogP contribution in [0.1, 0.15) is 32.6 Å². The van der Waals surface area contributed by atoms with Crippen LogP contribution in [-0.4, -0.2) is 29.2 Å². The zero-order chi connectivity index (χ0) is 9.84. The van der Waals surface area contributed by atoms with Crippen molar-refractivity contribution in [2.24, 2.45) is 5.73 Å². The number of aliphatic hydroxyl groups is 1. The first-order valence-corrected chi connectivity index (χ1v) is 4.88. The molecule has 1 aliphatic heterocycles. The molecule has 14 heavy (non-hydrogen) atoms. The van der Waals surface area contributed by atoms with Crippen LogP contribution in [0, 0.1) is 0 Å². The SMILES string of the molecule is C1C2NC12.CCCC[C@H](O)C(N)=O.Cl. The highest BCUT2D eigenvalue weighted by Crippen LogP contribution is 2.35. The van der Waals surface area contributed by atoms with E-state index in [4.69, 9.17) is 10.8 Å². The molecule has 5 heteroatoms. The lowest BCUT2D eigenvalue weighted by Crippen LogP contribution is -2.27. The Hall–Kier alpha value is -0.320. The van der Waals surface area contributed by atoms with E-state index in [-0.39, 0.29) is 12.4 Å². The molecule has 2 rings (SSSR count). The van der Waals surface area contributed by atoms with Crippen LogP contribution in [0.2, 0.25) is 0 Å². The second kappa shape index (κ2) is 6.22. The fraction of sp³-hybridized carbons (Fsp3) is 0.889. The van der Waals surface area contributed by atoms with Gasteiger partial charge in [0.25, 0.3) is 0 Å². The first kappa shape index (κ1) is 13.7. The smallest absolute Gasteiger partial charge is 0.246 e.